The molecule has 96 valence electrons. The zero-order chi connectivity index (χ0) is 13.2. The van der Waals surface area contributed by atoms with Gasteiger partial charge in [-0.2, -0.15) is 5.10 Å². The molecule has 2 aromatic rings. The fourth-order valence-corrected chi connectivity index (χ4v) is 2.58. The van der Waals surface area contributed by atoms with Gasteiger partial charge in [0, 0.05) is 19.5 Å². The van der Waals surface area contributed by atoms with E-state index in [9.17, 15) is 0 Å². The summed E-state index contributed by atoms with van der Waals surface area (Å²) in [6.07, 6.45) is 0. The highest BCUT2D eigenvalue weighted by Gasteiger charge is 2.27. The predicted molar refractivity (Wildman–Crippen MR) is 79.5 cm³/mol. The van der Waals surface area contributed by atoms with Gasteiger partial charge in [0.2, 0.25) is 0 Å². The largest absolute Gasteiger partial charge is 0.299 e. The van der Waals surface area contributed by atoms with Crippen molar-refractivity contribution in [2.45, 2.75) is 12.8 Å². The lowest BCUT2D eigenvalue weighted by molar-refractivity contribution is 0.381. The van der Waals surface area contributed by atoms with Crippen molar-refractivity contribution in [2.24, 2.45) is 5.10 Å². The normalized spacial score (nSPS) is 18.5. The Morgan fingerprint density at radius 1 is 1.00 bits per heavy atom. The average molecular weight is 250 g/mol. The third-order valence-electron chi connectivity index (χ3n) is 3.60. The van der Waals surface area contributed by atoms with Gasteiger partial charge in [-0.15, -0.1) is 0 Å². The van der Waals surface area contributed by atoms with E-state index in [0.717, 1.165) is 6.54 Å². The van der Waals surface area contributed by atoms with Crippen LogP contribution in [0.25, 0.3) is 0 Å². The van der Waals surface area contributed by atoms with E-state index < -0.39 is 0 Å². The predicted octanol–water partition coefficient (Wildman–Crippen LogP) is 3.43. The molecular formula is C17H18N2. The topological polar surface area (TPSA) is 15.6 Å². The molecular weight excluding hydrogens is 232 g/mol. The number of benzene rings is 2. The second kappa shape index (κ2) is 4.88. The van der Waals surface area contributed by atoms with Crippen molar-refractivity contribution < 1.29 is 0 Å². The summed E-state index contributed by atoms with van der Waals surface area (Å²) in [4.78, 5) is 0. The lowest BCUT2D eigenvalue weighted by atomic mass is 9.90. The van der Waals surface area contributed by atoms with E-state index in [1.807, 2.05) is 12.1 Å². The van der Waals surface area contributed by atoms with E-state index in [4.69, 9.17) is 5.10 Å². The zero-order valence-electron chi connectivity index (χ0n) is 11.4. The highest BCUT2D eigenvalue weighted by Crippen LogP contribution is 2.27. The molecule has 1 aliphatic rings. The fourth-order valence-electron chi connectivity index (χ4n) is 2.58. The van der Waals surface area contributed by atoms with Crippen molar-refractivity contribution in [1.82, 2.24) is 5.01 Å². The van der Waals surface area contributed by atoms with Gasteiger partial charge >= 0.3 is 0 Å². The maximum atomic E-state index is 4.70. The van der Waals surface area contributed by atoms with Gasteiger partial charge in [0.25, 0.3) is 0 Å². The first-order valence-electron chi connectivity index (χ1n) is 6.65. The number of nitrogens with zero attached hydrogens (tertiary/aromatic N) is 2. The zero-order valence-corrected chi connectivity index (χ0v) is 11.4. The molecule has 1 aliphatic heterocycles. The van der Waals surface area contributed by atoms with Gasteiger partial charge < -0.3 is 0 Å². The van der Waals surface area contributed by atoms with Crippen LogP contribution in [0.4, 0.5) is 0 Å². The smallest absolute Gasteiger partial charge is 0.0770 e. The van der Waals surface area contributed by atoms with Crippen LogP contribution < -0.4 is 0 Å². The SMILES string of the molecule is Cc1ccc(C2=NN(C)CC2c2ccccc2)cc1. The Morgan fingerprint density at radius 3 is 2.37 bits per heavy atom. The molecule has 0 fully saturated rings. The van der Waals surface area contributed by atoms with Crippen LogP contribution in [-0.4, -0.2) is 24.3 Å². The van der Waals surface area contributed by atoms with Crippen LogP contribution >= 0.6 is 0 Å². The van der Waals surface area contributed by atoms with Crippen molar-refractivity contribution in [3.8, 4) is 0 Å². The number of hydrogen-bond acceptors (Lipinski definition) is 2. The molecule has 0 saturated carbocycles. The van der Waals surface area contributed by atoms with Crippen molar-refractivity contribution in [1.29, 1.82) is 0 Å². The molecule has 19 heavy (non-hydrogen) atoms. The Hall–Kier alpha value is -2.09. The number of hydrazone groups is 1. The van der Waals surface area contributed by atoms with Gasteiger partial charge in [-0.3, -0.25) is 5.01 Å². The number of aryl methyl sites for hydroxylation is 1. The second-order valence-electron chi connectivity index (χ2n) is 5.15. The van der Waals surface area contributed by atoms with Gasteiger partial charge in [0.15, 0.2) is 0 Å². The summed E-state index contributed by atoms with van der Waals surface area (Å²) in [7, 11) is 2.04. The van der Waals surface area contributed by atoms with E-state index >= 15 is 0 Å². The fraction of sp³-hybridized carbons (Fsp3) is 0.235. The summed E-state index contributed by atoms with van der Waals surface area (Å²) >= 11 is 0. The molecule has 2 nitrogen and oxygen atoms in total. The van der Waals surface area contributed by atoms with E-state index in [2.05, 4.69) is 61.5 Å². The Bertz CT molecular complexity index is 584. The summed E-state index contributed by atoms with van der Waals surface area (Å²) in [5.41, 5.74) is 5.02. The molecule has 0 bridgehead atoms. The molecule has 0 N–H and O–H groups in total. The minimum Gasteiger partial charge on any atom is -0.299 e. The molecule has 2 aromatic carbocycles. The molecule has 2 heteroatoms. The van der Waals surface area contributed by atoms with Crippen molar-refractivity contribution in [3.05, 3.63) is 71.3 Å². The minimum atomic E-state index is 0.369. The lowest BCUT2D eigenvalue weighted by Crippen LogP contribution is -2.15. The summed E-state index contributed by atoms with van der Waals surface area (Å²) in [5.74, 6) is 0.369. The van der Waals surface area contributed by atoms with Gasteiger partial charge in [0.05, 0.1) is 5.71 Å². The highest BCUT2D eigenvalue weighted by atomic mass is 15.5. The van der Waals surface area contributed by atoms with Crippen LogP contribution in [0.2, 0.25) is 0 Å². The van der Waals surface area contributed by atoms with Gasteiger partial charge in [0.1, 0.15) is 0 Å². The lowest BCUT2D eigenvalue weighted by Gasteiger charge is -2.13. The Labute approximate surface area is 114 Å². The van der Waals surface area contributed by atoms with E-state index in [1.165, 1.54) is 22.4 Å². The van der Waals surface area contributed by atoms with Crippen LogP contribution in [0.1, 0.15) is 22.6 Å². The standard InChI is InChI=1S/C17H18N2/c1-13-8-10-15(11-9-13)17-16(12-19(2)18-17)14-6-4-3-5-7-14/h3-11,16H,12H2,1-2H3. The molecule has 1 unspecified atom stereocenters. The van der Waals surface area contributed by atoms with Crippen LogP contribution in [0.15, 0.2) is 59.7 Å². The molecule has 1 atom stereocenters. The number of likely N-dealkylation sites (N-methyl/N-ethyl adjacent to an activating group) is 1. The molecule has 0 aliphatic carbocycles. The van der Waals surface area contributed by atoms with Crippen LogP contribution in [0.3, 0.4) is 0 Å². The molecule has 0 aromatic heterocycles. The first-order valence-corrected chi connectivity index (χ1v) is 6.65. The Balaban J connectivity index is 1.98. The van der Waals surface area contributed by atoms with Gasteiger partial charge in [-0.1, -0.05) is 60.2 Å². The minimum absolute atomic E-state index is 0.369. The third kappa shape index (κ3) is 2.39. The first-order chi connectivity index (χ1) is 9.24. The van der Waals surface area contributed by atoms with Crippen molar-refractivity contribution in [3.63, 3.8) is 0 Å². The molecule has 0 radical (unpaired) electrons. The Morgan fingerprint density at radius 2 is 1.68 bits per heavy atom. The maximum Gasteiger partial charge on any atom is 0.0770 e. The highest BCUT2D eigenvalue weighted by molar-refractivity contribution is 6.06. The first kappa shape index (κ1) is 12.0. The quantitative estimate of drug-likeness (QED) is 0.797. The third-order valence-corrected chi connectivity index (χ3v) is 3.60. The van der Waals surface area contributed by atoms with E-state index in [-0.39, 0.29) is 0 Å². The molecule has 1 heterocycles. The second-order valence-corrected chi connectivity index (χ2v) is 5.15. The molecule has 0 amide bonds. The van der Waals surface area contributed by atoms with E-state index in [0.29, 0.717) is 5.92 Å². The van der Waals surface area contributed by atoms with Gasteiger partial charge in [-0.25, -0.2) is 0 Å². The van der Waals surface area contributed by atoms with E-state index in [1.54, 1.807) is 0 Å². The van der Waals surface area contributed by atoms with Crippen LogP contribution in [0.5, 0.6) is 0 Å². The number of hydrogen-bond donors (Lipinski definition) is 0. The molecule has 0 spiro atoms. The monoisotopic (exact) mass is 250 g/mol. The molecule has 3 rings (SSSR count). The summed E-state index contributed by atoms with van der Waals surface area (Å²) < 4.78 is 0. The summed E-state index contributed by atoms with van der Waals surface area (Å²) in [6.45, 7) is 3.06. The van der Waals surface area contributed by atoms with Gasteiger partial charge in [-0.05, 0) is 18.1 Å². The van der Waals surface area contributed by atoms with Crippen LogP contribution in [0, 0.1) is 6.92 Å². The summed E-state index contributed by atoms with van der Waals surface area (Å²) in [5, 5.41) is 6.73. The molecule has 0 saturated heterocycles. The average Bonchev–Trinajstić information content (AvgIpc) is 2.83. The number of rotatable bonds is 2. The van der Waals surface area contributed by atoms with Crippen LogP contribution in [-0.2, 0) is 0 Å². The maximum absolute atomic E-state index is 4.70. The van der Waals surface area contributed by atoms with Crippen molar-refractivity contribution in [2.75, 3.05) is 13.6 Å². The van der Waals surface area contributed by atoms with Crippen molar-refractivity contribution >= 4 is 5.71 Å². The Kier molecular flexibility index (Phi) is 3.08. The summed E-state index contributed by atoms with van der Waals surface area (Å²) in [6, 6.07) is 19.3.